The summed E-state index contributed by atoms with van der Waals surface area (Å²) in [6.45, 7) is 3.39. The predicted octanol–water partition coefficient (Wildman–Crippen LogP) is 4.18. The number of anilines is 2. The Morgan fingerprint density at radius 3 is 2.12 bits per heavy atom. The highest BCUT2D eigenvalue weighted by Crippen LogP contribution is 2.24. The molecule has 3 aromatic rings. The molecule has 10 heteroatoms. The van der Waals surface area contributed by atoms with Crippen LogP contribution in [0.3, 0.4) is 0 Å². The number of thiophene rings is 1. The lowest BCUT2D eigenvalue weighted by Gasteiger charge is -2.09. The third-order valence-corrected chi connectivity index (χ3v) is 6.67. The number of sulfonamides is 1. The molecular formula is C22H20N2O6S2. The second kappa shape index (κ2) is 9.75. The Bertz CT molecular complexity index is 1250. The number of rotatable bonds is 8. The van der Waals surface area contributed by atoms with Crippen LogP contribution in [0, 0.1) is 0 Å². The van der Waals surface area contributed by atoms with Gasteiger partial charge >= 0.3 is 5.97 Å². The van der Waals surface area contributed by atoms with Gasteiger partial charge in [0.25, 0.3) is 15.9 Å². The zero-order chi connectivity index (χ0) is 23.3. The van der Waals surface area contributed by atoms with Gasteiger partial charge in [0.05, 0.1) is 16.5 Å². The number of ketones is 1. The van der Waals surface area contributed by atoms with Crippen molar-refractivity contribution in [2.75, 3.05) is 16.6 Å². The van der Waals surface area contributed by atoms with Gasteiger partial charge in [0.15, 0.2) is 5.78 Å². The minimum absolute atomic E-state index is 0.0228. The molecule has 0 aliphatic carbocycles. The maximum absolute atomic E-state index is 12.6. The van der Waals surface area contributed by atoms with Gasteiger partial charge in [-0.2, -0.15) is 0 Å². The molecule has 166 valence electrons. The average Bonchev–Trinajstić information content (AvgIpc) is 3.23. The lowest BCUT2D eigenvalue weighted by molar-refractivity contribution is 0.0531. The van der Waals surface area contributed by atoms with Crippen LogP contribution >= 0.6 is 11.3 Å². The van der Waals surface area contributed by atoms with Gasteiger partial charge < -0.3 is 10.1 Å². The van der Waals surface area contributed by atoms with Crippen molar-refractivity contribution in [2.45, 2.75) is 18.7 Å². The van der Waals surface area contributed by atoms with Crippen molar-refractivity contribution in [1.29, 1.82) is 0 Å². The van der Waals surface area contributed by atoms with E-state index in [4.69, 9.17) is 4.74 Å². The van der Waals surface area contributed by atoms with Gasteiger partial charge in [-0.3, -0.25) is 14.3 Å². The molecule has 0 aliphatic heterocycles. The van der Waals surface area contributed by atoms with E-state index in [-0.39, 0.29) is 22.8 Å². The van der Waals surface area contributed by atoms with Crippen LogP contribution in [-0.2, 0) is 14.8 Å². The van der Waals surface area contributed by atoms with Crippen molar-refractivity contribution in [3.63, 3.8) is 0 Å². The summed E-state index contributed by atoms with van der Waals surface area (Å²) in [4.78, 5) is 35.8. The molecule has 0 unspecified atom stereocenters. The van der Waals surface area contributed by atoms with E-state index >= 15 is 0 Å². The zero-order valence-electron chi connectivity index (χ0n) is 17.2. The molecule has 0 saturated carbocycles. The summed E-state index contributed by atoms with van der Waals surface area (Å²) in [6.07, 6.45) is 0. The first-order valence-corrected chi connectivity index (χ1v) is 11.8. The third kappa shape index (κ3) is 5.59. The zero-order valence-corrected chi connectivity index (χ0v) is 18.9. The Kier molecular flexibility index (Phi) is 7.06. The molecule has 3 rings (SSSR count). The molecule has 2 aromatic carbocycles. The first-order chi connectivity index (χ1) is 15.2. The number of carbonyl (C=O) groups is 3. The highest BCUT2D eigenvalue weighted by atomic mass is 32.2. The maximum Gasteiger partial charge on any atom is 0.348 e. The molecule has 1 aromatic heterocycles. The summed E-state index contributed by atoms with van der Waals surface area (Å²) < 4.78 is 32.5. The number of nitrogens with one attached hydrogen (secondary N) is 2. The fourth-order valence-electron chi connectivity index (χ4n) is 2.67. The molecule has 0 saturated heterocycles. The summed E-state index contributed by atoms with van der Waals surface area (Å²) in [5.41, 5.74) is 1.04. The van der Waals surface area contributed by atoms with E-state index in [0.717, 1.165) is 11.3 Å². The molecule has 8 nitrogen and oxygen atoms in total. The van der Waals surface area contributed by atoms with Gasteiger partial charge in [-0.25, -0.2) is 13.2 Å². The lowest BCUT2D eigenvalue weighted by Crippen LogP contribution is -2.14. The van der Waals surface area contributed by atoms with Gasteiger partial charge in [0.1, 0.15) is 4.88 Å². The number of esters is 1. The topological polar surface area (TPSA) is 119 Å². The van der Waals surface area contributed by atoms with Crippen LogP contribution in [0.2, 0.25) is 0 Å². The second-order valence-corrected chi connectivity index (χ2v) is 9.37. The Hall–Kier alpha value is -3.50. The normalized spacial score (nSPS) is 10.9. The summed E-state index contributed by atoms with van der Waals surface area (Å²) >= 11 is 1.08. The summed E-state index contributed by atoms with van der Waals surface area (Å²) in [7, 11) is -3.88. The van der Waals surface area contributed by atoms with Gasteiger partial charge in [-0.05, 0) is 74.5 Å². The van der Waals surface area contributed by atoms with Crippen molar-refractivity contribution in [3.05, 3.63) is 76.7 Å². The van der Waals surface area contributed by atoms with Gasteiger partial charge in [0.2, 0.25) is 0 Å². The number of hydrogen-bond acceptors (Lipinski definition) is 7. The molecule has 0 atom stereocenters. The lowest BCUT2D eigenvalue weighted by atomic mass is 10.1. The van der Waals surface area contributed by atoms with E-state index in [1.54, 1.807) is 19.1 Å². The largest absolute Gasteiger partial charge is 0.462 e. The number of ether oxygens (including phenoxy) is 1. The van der Waals surface area contributed by atoms with Crippen LogP contribution in [0.5, 0.6) is 0 Å². The smallest absolute Gasteiger partial charge is 0.348 e. The van der Waals surface area contributed by atoms with E-state index in [2.05, 4.69) is 10.0 Å². The maximum atomic E-state index is 12.6. The Balaban J connectivity index is 1.67. The fourth-order valence-corrected chi connectivity index (χ4v) is 4.53. The fraction of sp³-hybridized carbons (Fsp3) is 0.136. The van der Waals surface area contributed by atoms with Crippen molar-refractivity contribution in [1.82, 2.24) is 0 Å². The van der Waals surface area contributed by atoms with Crippen LogP contribution in [0.1, 0.15) is 44.2 Å². The van der Waals surface area contributed by atoms with E-state index in [0.29, 0.717) is 21.1 Å². The number of amides is 1. The number of hydrogen-bond donors (Lipinski definition) is 2. The Labute approximate surface area is 189 Å². The Morgan fingerprint density at radius 1 is 0.906 bits per heavy atom. The standard InChI is InChI=1S/C22H20N2O6S2/c1-3-30-22(27)19-12-13-20(31-19)23-21(26)16-6-10-18(11-7-16)32(28,29)24-17-8-4-15(5-9-17)14(2)25/h4-13,24H,3H2,1-2H3,(H,23,26). The van der Waals surface area contributed by atoms with E-state index in [9.17, 15) is 22.8 Å². The molecule has 0 bridgehead atoms. The minimum atomic E-state index is -3.88. The van der Waals surface area contributed by atoms with Gasteiger partial charge in [-0.1, -0.05) is 0 Å². The van der Waals surface area contributed by atoms with Crippen LogP contribution in [0.25, 0.3) is 0 Å². The summed E-state index contributed by atoms with van der Waals surface area (Å²) in [5.74, 6) is -1.03. The van der Waals surface area contributed by atoms with Crippen molar-refractivity contribution in [3.8, 4) is 0 Å². The molecule has 0 spiro atoms. The molecule has 2 N–H and O–H groups in total. The molecule has 1 heterocycles. The average molecular weight is 473 g/mol. The number of carbonyl (C=O) groups excluding carboxylic acids is 3. The van der Waals surface area contributed by atoms with E-state index in [1.807, 2.05) is 0 Å². The van der Waals surface area contributed by atoms with Crippen LogP contribution in [0.15, 0.2) is 65.6 Å². The molecule has 0 radical (unpaired) electrons. The highest BCUT2D eigenvalue weighted by molar-refractivity contribution is 7.92. The van der Waals surface area contributed by atoms with E-state index in [1.165, 1.54) is 55.5 Å². The predicted molar refractivity (Wildman–Crippen MR) is 122 cm³/mol. The van der Waals surface area contributed by atoms with Crippen LogP contribution < -0.4 is 10.0 Å². The molecular weight excluding hydrogens is 452 g/mol. The van der Waals surface area contributed by atoms with Gasteiger partial charge in [-0.15, -0.1) is 11.3 Å². The second-order valence-electron chi connectivity index (χ2n) is 6.60. The Morgan fingerprint density at radius 2 is 1.53 bits per heavy atom. The number of benzene rings is 2. The first-order valence-electron chi connectivity index (χ1n) is 9.52. The van der Waals surface area contributed by atoms with Crippen LogP contribution in [0.4, 0.5) is 10.7 Å². The molecule has 0 aliphatic rings. The molecule has 1 amide bonds. The third-order valence-electron chi connectivity index (χ3n) is 4.29. The van der Waals surface area contributed by atoms with Crippen molar-refractivity contribution < 1.29 is 27.5 Å². The van der Waals surface area contributed by atoms with E-state index < -0.39 is 21.9 Å². The quantitative estimate of drug-likeness (QED) is 0.375. The van der Waals surface area contributed by atoms with Crippen molar-refractivity contribution in [2.24, 2.45) is 0 Å². The summed E-state index contributed by atoms with van der Waals surface area (Å²) in [5, 5.41) is 3.13. The first kappa shape index (κ1) is 23.2. The van der Waals surface area contributed by atoms with Crippen LogP contribution in [-0.4, -0.2) is 32.7 Å². The molecule has 32 heavy (non-hydrogen) atoms. The molecule has 0 fully saturated rings. The SMILES string of the molecule is CCOC(=O)c1ccc(NC(=O)c2ccc(S(=O)(=O)Nc3ccc(C(C)=O)cc3)cc2)s1. The van der Waals surface area contributed by atoms with Crippen molar-refractivity contribution >= 4 is 49.7 Å². The highest BCUT2D eigenvalue weighted by Gasteiger charge is 2.17. The monoisotopic (exact) mass is 472 g/mol. The van der Waals surface area contributed by atoms with Gasteiger partial charge in [0, 0.05) is 16.8 Å². The number of Topliss-reactive ketones (excluding diaryl/α,β-unsaturated/α-hetero) is 1. The minimum Gasteiger partial charge on any atom is -0.462 e. The summed E-state index contributed by atoms with van der Waals surface area (Å²) in [6, 6.07) is 14.6.